The van der Waals surface area contributed by atoms with Crippen molar-refractivity contribution in [3.8, 4) is 17.1 Å². The van der Waals surface area contributed by atoms with E-state index in [1.54, 1.807) is 18.1 Å². The maximum atomic E-state index is 5.21. The summed E-state index contributed by atoms with van der Waals surface area (Å²) in [7, 11) is 1.68. The number of tetrazole rings is 1. The number of hydrogen-bond donors (Lipinski definition) is 1. The van der Waals surface area contributed by atoms with Crippen LogP contribution in [0.3, 0.4) is 0 Å². The molecular formula is C17H21N7O. The van der Waals surface area contributed by atoms with Gasteiger partial charge in [-0.1, -0.05) is 0 Å². The first-order chi connectivity index (χ1) is 12.3. The number of aromatic amines is 1. The summed E-state index contributed by atoms with van der Waals surface area (Å²) in [5, 5.41) is 11.2. The molecule has 25 heavy (non-hydrogen) atoms. The van der Waals surface area contributed by atoms with E-state index in [-0.39, 0.29) is 0 Å². The van der Waals surface area contributed by atoms with Crippen molar-refractivity contribution in [2.45, 2.75) is 25.9 Å². The van der Waals surface area contributed by atoms with Crippen LogP contribution in [0.1, 0.15) is 17.8 Å². The van der Waals surface area contributed by atoms with E-state index in [4.69, 9.17) is 9.72 Å². The number of ether oxygens (including phenoxy) is 1. The minimum absolute atomic E-state index is 0.844. The van der Waals surface area contributed by atoms with Crippen molar-refractivity contribution in [1.82, 2.24) is 35.1 Å². The minimum atomic E-state index is 0.844. The van der Waals surface area contributed by atoms with E-state index in [0.29, 0.717) is 0 Å². The van der Waals surface area contributed by atoms with Crippen LogP contribution in [-0.4, -0.2) is 55.3 Å². The van der Waals surface area contributed by atoms with Crippen LogP contribution in [0, 0.1) is 0 Å². The average Bonchev–Trinajstić information content (AvgIpc) is 3.31. The van der Waals surface area contributed by atoms with Crippen LogP contribution >= 0.6 is 0 Å². The summed E-state index contributed by atoms with van der Waals surface area (Å²) in [6, 6.07) is 7.99. The van der Waals surface area contributed by atoms with Crippen molar-refractivity contribution in [2.75, 3.05) is 20.2 Å². The van der Waals surface area contributed by atoms with Gasteiger partial charge < -0.3 is 9.72 Å². The number of hydrogen-bond acceptors (Lipinski definition) is 6. The second kappa shape index (κ2) is 7.02. The highest BCUT2D eigenvalue weighted by molar-refractivity contribution is 5.57. The first kappa shape index (κ1) is 15.8. The first-order valence-corrected chi connectivity index (χ1v) is 8.47. The quantitative estimate of drug-likeness (QED) is 0.733. The van der Waals surface area contributed by atoms with E-state index < -0.39 is 0 Å². The topological polar surface area (TPSA) is 84.8 Å². The number of fused-ring (bicyclic) bond motifs is 1. The van der Waals surface area contributed by atoms with Gasteiger partial charge in [-0.05, 0) is 41.1 Å². The van der Waals surface area contributed by atoms with Gasteiger partial charge in [0.05, 0.1) is 18.5 Å². The summed E-state index contributed by atoms with van der Waals surface area (Å²) in [5.74, 6) is 1.79. The van der Waals surface area contributed by atoms with Gasteiger partial charge in [0.25, 0.3) is 0 Å². The lowest BCUT2D eigenvalue weighted by Crippen LogP contribution is -2.31. The summed E-state index contributed by atoms with van der Waals surface area (Å²) in [5.41, 5.74) is 3.49. The molecule has 4 rings (SSSR count). The molecule has 3 aromatic rings. The third-order valence-corrected chi connectivity index (χ3v) is 4.53. The zero-order valence-corrected chi connectivity index (χ0v) is 14.2. The van der Waals surface area contributed by atoms with Gasteiger partial charge in [-0.25, -0.2) is 9.67 Å². The molecule has 130 valence electrons. The molecule has 2 aromatic heterocycles. The Morgan fingerprint density at radius 1 is 1.20 bits per heavy atom. The fraction of sp³-hybridized carbons (Fsp3) is 0.412. The molecule has 3 heterocycles. The molecule has 0 unspecified atom stereocenters. The summed E-state index contributed by atoms with van der Waals surface area (Å²) >= 11 is 0. The molecule has 8 nitrogen and oxygen atoms in total. The van der Waals surface area contributed by atoms with Crippen LogP contribution in [0.15, 0.2) is 30.6 Å². The molecule has 8 heteroatoms. The Balaban J connectivity index is 1.38. The fourth-order valence-electron chi connectivity index (χ4n) is 3.17. The zero-order chi connectivity index (χ0) is 17.1. The third kappa shape index (κ3) is 3.53. The number of H-pyrrole nitrogens is 1. The van der Waals surface area contributed by atoms with Gasteiger partial charge in [-0.15, -0.1) is 5.10 Å². The van der Waals surface area contributed by atoms with Gasteiger partial charge >= 0.3 is 0 Å². The predicted octanol–water partition coefficient (Wildman–Crippen LogP) is 1.52. The number of aryl methyl sites for hydroxylation is 1. The zero-order valence-electron chi connectivity index (χ0n) is 14.2. The molecule has 0 bridgehead atoms. The van der Waals surface area contributed by atoms with Crippen LogP contribution in [0.5, 0.6) is 5.75 Å². The Kier molecular flexibility index (Phi) is 4.43. The molecule has 1 aromatic carbocycles. The highest BCUT2D eigenvalue weighted by Gasteiger charge is 2.20. The van der Waals surface area contributed by atoms with Crippen molar-refractivity contribution in [2.24, 2.45) is 0 Å². The molecule has 0 spiro atoms. The van der Waals surface area contributed by atoms with Crippen LogP contribution < -0.4 is 4.74 Å². The number of imidazole rings is 1. The highest BCUT2D eigenvalue weighted by atomic mass is 16.5. The van der Waals surface area contributed by atoms with Crippen molar-refractivity contribution >= 4 is 0 Å². The van der Waals surface area contributed by atoms with Gasteiger partial charge in [0, 0.05) is 38.2 Å². The number of nitrogens with zero attached hydrogens (tertiary/aromatic N) is 6. The Bertz CT molecular complexity index is 810. The summed E-state index contributed by atoms with van der Waals surface area (Å²) in [6.07, 6.45) is 3.66. The van der Waals surface area contributed by atoms with Crippen molar-refractivity contribution in [3.63, 3.8) is 0 Å². The van der Waals surface area contributed by atoms with Crippen molar-refractivity contribution in [1.29, 1.82) is 0 Å². The Morgan fingerprint density at radius 3 is 2.84 bits per heavy atom. The number of rotatable bonds is 6. The van der Waals surface area contributed by atoms with Crippen LogP contribution in [0.2, 0.25) is 0 Å². The minimum Gasteiger partial charge on any atom is -0.497 e. The molecule has 1 aliphatic heterocycles. The SMILES string of the molecule is COc1ccc(-c2nc3c([nH]2)CN(CCCn2cnnn2)CC3)cc1. The number of benzene rings is 1. The van der Waals surface area contributed by atoms with E-state index >= 15 is 0 Å². The van der Waals surface area contributed by atoms with Crippen molar-refractivity contribution < 1.29 is 4.74 Å². The van der Waals surface area contributed by atoms with E-state index in [0.717, 1.165) is 56.2 Å². The summed E-state index contributed by atoms with van der Waals surface area (Å²) in [4.78, 5) is 10.7. The normalized spacial score (nSPS) is 14.4. The smallest absolute Gasteiger partial charge is 0.138 e. The van der Waals surface area contributed by atoms with E-state index in [1.807, 2.05) is 24.3 Å². The van der Waals surface area contributed by atoms with Gasteiger partial charge in [0.15, 0.2) is 0 Å². The number of aromatic nitrogens is 6. The Hall–Kier alpha value is -2.74. The van der Waals surface area contributed by atoms with E-state index in [1.165, 1.54) is 11.4 Å². The standard InChI is InChI=1S/C17H21N7O/c1-25-14-5-3-13(4-6-14)17-19-15-7-10-23(11-16(15)20-17)8-2-9-24-12-18-21-22-24/h3-6,12H,2,7-11H2,1H3,(H,19,20). The second-order valence-electron chi connectivity index (χ2n) is 6.19. The summed E-state index contributed by atoms with van der Waals surface area (Å²) in [6.45, 7) is 3.82. The number of methoxy groups -OCH3 is 1. The lowest BCUT2D eigenvalue weighted by Gasteiger charge is -2.25. The van der Waals surface area contributed by atoms with Gasteiger partial charge in [-0.3, -0.25) is 4.90 Å². The first-order valence-electron chi connectivity index (χ1n) is 8.47. The van der Waals surface area contributed by atoms with E-state index in [9.17, 15) is 0 Å². The molecule has 0 saturated carbocycles. The number of nitrogens with one attached hydrogen (secondary N) is 1. The van der Waals surface area contributed by atoms with Crippen LogP contribution in [0.25, 0.3) is 11.4 Å². The molecule has 0 aliphatic carbocycles. The molecular weight excluding hydrogens is 318 g/mol. The maximum absolute atomic E-state index is 5.21. The van der Waals surface area contributed by atoms with Crippen LogP contribution in [-0.2, 0) is 19.5 Å². The average molecular weight is 339 g/mol. The van der Waals surface area contributed by atoms with Crippen molar-refractivity contribution in [3.05, 3.63) is 42.0 Å². The van der Waals surface area contributed by atoms with Gasteiger partial charge in [-0.2, -0.15) is 0 Å². The monoisotopic (exact) mass is 339 g/mol. The molecule has 0 atom stereocenters. The molecule has 0 radical (unpaired) electrons. The molecule has 1 aliphatic rings. The summed E-state index contributed by atoms with van der Waals surface area (Å²) < 4.78 is 6.98. The Labute approximate surface area is 145 Å². The largest absolute Gasteiger partial charge is 0.497 e. The Morgan fingerprint density at radius 2 is 2.08 bits per heavy atom. The van der Waals surface area contributed by atoms with Gasteiger partial charge in [0.1, 0.15) is 17.9 Å². The van der Waals surface area contributed by atoms with Gasteiger partial charge in [0.2, 0.25) is 0 Å². The molecule has 0 fully saturated rings. The molecule has 1 N–H and O–H groups in total. The lowest BCUT2D eigenvalue weighted by atomic mass is 10.1. The third-order valence-electron chi connectivity index (χ3n) is 4.53. The molecule has 0 saturated heterocycles. The predicted molar refractivity (Wildman–Crippen MR) is 92.0 cm³/mol. The molecule has 0 amide bonds. The second-order valence-corrected chi connectivity index (χ2v) is 6.19. The fourth-order valence-corrected chi connectivity index (χ4v) is 3.17. The van der Waals surface area contributed by atoms with Crippen LogP contribution in [0.4, 0.5) is 0 Å². The lowest BCUT2D eigenvalue weighted by molar-refractivity contribution is 0.241. The maximum Gasteiger partial charge on any atom is 0.138 e. The highest BCUT2D eigenvalue weighted by Crippen LogP contribution is 2.24. The van der Waals surface area contributed by atoms with E-state index in [2.05, 4.69) is 25.4 Å².